The highest BCUT2D eigenvalue weighted by Crippen LogP contribution is 2.17. The molecule has 83 heavy (non-hydrogen) atoms. The fraction of sp³-hybridized carbons (Fsp3) is 0.753. The van der Waals surface area contributed by atoms with Crippen molar-refractivity contribution in [3.05, 3.63) is 97.2 Å². The standard InChI is InChI=1S/C77H134O6/c1-4-7-10-13-16-19-22-25-28-30-32-33-34-35-36-37-38-39-40-41-42-43-45-46-49-52-55-58-61-64-67-70-76(79)82-73-74(72-81-75(78)69-66-63-60-57-54-51-48-27-24-21-18-15-12-9-6-3)83-77(80)71-68-65-62-59-56-53-50-47-44-31-29-26-23-20-17-14-11-8-5-2/h7,10,16,19,25-26,28-29,32-33,35-36,38-39,41-42,74H,4-6,8-9,11-15,17-18,20-24,27,30-31,34,37,40,43-73H2,1-3H3/b10-7-,19-16-,28-25-,29-26-,33-32-,36-35-,39-38-,42-41-. The molecule has 0 saturated carbocycles. The third-order valence-electron chi connectivity index (χ3n) is 15.6. The number of unbranched alkanes of at least 4 members (excludes halogenated alkanes) is 38. The van der Waals surface area contributed by atoms with Crippen LogP contribution in [0.4, 0.5) is 0 Å². The third-order valence-corrected chi connectivity index (χ3v) is 15.6. The van der Waals surface area contributed by atoms with Crippen LogP contribution in [0.15, 0.2) is 97.2 Å². The first kappa shape index (κ1) is 79.3. The van der Waals surface area contributed by atoms with Crippen molar-refractivity contribution in [2.45, 2.75) is 361 Å². The van der Waals surface area contributed by atoms with E-state index in [2.05, 4.69) is 118 Å². The average Bonchev–Trinajstić information content (AvgIpc) is 3.49. The van der Waals surface area contributed by atoms with Gasteiger partial charge in [-0.15, -0.1) is 0 Å². The van der Waals surface area contributed by atoms with Crippen LogP contribution in [0.3, 0.4) is 0 Å². The van der Waals surface area contributed by atoms with Gasteiger partial charge < -0.3 is 14.2 Å². The molecule has 0 spiro atoms. The van der Waals surface area contributed by atoms with Gasteiger partial charge in [0.15, 0.2) is 6.10 Å². The van der Waals surface area contributed by atoms with Gasteiger partial charge in [-0.25, -0.2) is 0 Å². The zero-order chi connectivity index (χ0) is 59.9. The lowest BCUT2D eigenvalue weighted by atomic mass is 10.0. The molecular formula is C77H134O6. The van der Waals surface area contributed by atoms with Crippen molar-refractivity contribution in [1.82, 2.24) is 0 Å². The van der Waals surface area contributed by atoms with Crippen LogP contribution in [-0.4, -0.2) is 37.2 Å². The quantitative estimate of drug-likeness (QED) is 0.0261. The second kappa shape index (κ2) is 70.8. The van der Waals surface area contributed by atoms with Crippen LogP contribution in [0.1, 0.15) is 355 Å². The monoisotopic (exact) mass is 1160 g/mol. The lowest BCUT2D eigenvalue weighted by Gasteiger charge is -2.18. The number of carbonyl (C=O) groups is 3. The Balaban J connectivity index is 4.30. The first-order valence-corrected chi connectivity index (χ1v) is 35.7. The van der Waals surface area contributed by atoms with Gasteiger partial charge in [0.2, 0.25) is 0 Å². The average molecular weight is 1160 g/mol. The normalized spacial score (nSPS) is 12.7. The van der Waals surface area contributed by atoms with E-state index in [4.69, 9.17) is 14.2 Å². The van der Waals surface area contributed by atoms with Crippen molar-refractivity contribution in [3.63, 3.8) is 0 Å². The predicted octanol–water partition coefficient (Wildman–Crippen LogP) is 24.8. The maximum Gasteiger partial charge on any atom is 0.306 e. The number of hydrogen-bond donors (Lipinski definition) is 0. The maximum absolute atomic E-state index is 13.0. The molecule has 478 valence electrons. The molecule has 0 amide bonds. The Morgan fingerprint density at radius 3 is 0.747 bits per heavy atom. The molecule has 0 aromatic carbocycles. The molecule has 0 radical (unpaired) electrons. The molecule has 0 rings (SSSR count). The molecule has 0 aromatic rings. The second-order valence-corrected chi connectivity index (χ2v) is 23.8. The van der Waals surface area contributed by atoms with Crippen molar-refractivity contribution in [3.8, 4) is 0 Å². The first-order chi connectivity index (χ1) is 41.0. The van der Waals surface area contributed by atoms with E-state index >= 15 is 0 Å². The minimum absolute atomic E-state index is 0.0756. The Hall–Kier alpha value is -3.67. The number of allylic oxidation sites excluding steroid dienone is 16. The molecule has 0 aliphatic carbocycles. The Bertz CT molecular complexity index is 1610. The summed E-state index contributed by atoms with van der Waals surface area (Å²) in [6, 6.07) is 0. The molecule has 0 bridgehead atoms. The van der Waals surface area contributed by atoms with Crippen LogP contribution in [0.5, 0.6) is 0 Å². The van der Waals surface area contributed by atoms with Gasteiger partial charge in [0.05, 0.1) is 0 Å². The summed E-state index contributed by atoms with van der Waals surface area (Å²) in [4.78, 5) is 38.5. The predicted molar refractivity (Wildman–Crippen MR) is 362 cm³/mol. The third kappa shape index (κ3) is 69.0. The van der Waals surface area contributed by atoms with Crippen molar-refractivity contribution >= 4 is 17.9 Å². The largest absolute Gasteiger partial charge is 0.462 e. The van der Waals surface area contributed by atoms with Gasteiger partial charge in [0, 0.05) is 19.3 Å². The fourth-order valence-corrected chi connectivity index (χ4v) is 10.2. The van der Waals surface area contributed by atoms with E-state index in [0.717, 1.165) is 109 Å². The molecule has 0 saturated heterocycles. The van der Waals surface area contributed by atoms with E-state index in [-0.39, 0.29) is 31.1 Å². The summed E-state index contributed by atoms with van der Waals surface area (Å²) in [6.07, 6.45) is 95.7. The van der Waals surface area contributed by atoms with Crippen molar-refractivity contribution < 1.29 is 28.6 Å². The Morgan fingerprint density at radius 2 is 0.470 bits per heavy atom. The number of carbonyl (C=O) groups excluding carboxylic acids is 3. The van der Waals surface area contributed by atoms with Crippen molar-refractivity contribution in [2.75, 3.05) is 13.2 Å². The molecule has 0 heterocycles. The van der Waals surface area contributed by atoms with Gasteiger partial charge in [0.1, 0.15) is 13.2 Å². The van der Waals surface area contributed by atoms with Gasteiger partial charge in [-0.05, 0) is 103 Å². The smallest absolute Gasteiger partial charge is 0.306 e. The highest BCUT2D eigenvalue weighted by Gasteiger charge is 2.19. The summed E-state index contributed by atoms with van der Waals surface area (Å²) in [7, 11) is 0. The van der Waals surface area contributed by atoms with Crippen LogP contribution in [0.25, 0.3) is 0 Å². The number of esters is 3. The second-order valence-electron chi connectivity index (χ2n) is 23.8. The van der Waals surface area contributed by atoms with Gasteiger partial charge in [0.25, 0.3) is 0 Å². The SMILES string of the molecule is CC/C=C\C/C=C\C/C=C\C/C=C\C/C=C\C/C=C\C/C=C\CCCCCCCCCCCC(=O)OCC(COC(=O)CCCCCCCCCCCCCCCCC)OC(=O)CCCCCCCCCCC/C=C\CCCCCCCC. The lowest BCUT2D eigenvalue weighted by molar-refractivity contribution is -0.167. The molecular weight excluding hydrogens is 1020 g/mol. The summed E-state index contributed by atoms with van der Waals surface area (Å²) in [5, 5.41) is 0. The molecule has 0 fully saturated rings. The van der Waals surface area contributed by atoms with Gasteiger partial charge >= 0.3 is 17.9 Å². The van der Waals surface area contributed by atoms with E-state index in [0.29, 0.717) is 19.3 Å². The first-order valence-electron chi connectivity index (χ1n) is 35.7. The van der Waals surface area contributed by atoms with Crippen molar-refractivity contribution in [2.24, 2.45) is 0 Å². The molecule has 0 aliphatic heterocycles. The van der Waals surface area contributed by atoms with Gasteiger partial charge in [-0.1, -0.05) is 330 Å². The van der Waals surface area contributed by atoms with Gasteiger partial charge in [-0.2, -0.15) is 0 Å². The summed E-state index contributed by atoms with van der Waals surface area (Å²) in [5.74, 6) is -0.865. The van der Waals surface area contributed by atoms with E-state index in [1.165, 1.54) is 205 Å². The Labute approximate surface area is 515 Å². The summed E-state index contributed by atoms with van der Waals surface area (Å²) >= 11 is 0. The number of rotatable bonds is 65. The van der Waals surface area contributed by atoms with E-state index in [1.807, 2.05) is 0 Å². The molecule has 0 N–H and O–H groups in total. The van der Waals surface area contributed by atoms with Crippen LogP contribution >= 0.6 is 0 Å². The summed E-state index contributed by atoms with van der Waals surface area (Å²) < 4.78 is 17.0. The summed E-state index contributed by atoms with van der Waals surface area (Å²) in [6.45, 7) is 6.56. The molecule has 0 aliphatic rings. The minimum atomic E-state index is -0.781. The van der Waals surface area contributed by atoms with Crippen LogP contribution in [0, 0.1) is 0 Å². The number of ether oxygens (including phenoxy) is 3. The zero-order valence-corrected chi connectivity index (χ0v) is 54.9. The molecule has 6 nitrogen and oxygen atoms in total. The molecule has 1 unspecified atom stereocenters. The maximum atomic E-state index is 13.0. The van der Waals surface area contributed by atoms with Crippen LogP contribution in [-0.2, 0) is 28.6 Å². The molecule has 1 atom stereocenters. The minimum Gasteiger partial charge on any atom is -0.462 e. The fourth-order valence-electron chi connectivity index (χ4n) is 10.2. The Morgan fingerprint density at radius 1 is 0.253 bits per heavy atom. The highest BCUT2D eigenvalue weighted by molar-refractivity contribution is 5.71. The van der Waals surface area contributed by atoms with Crippen molar-refractivity contribution in [1.29, 1.82) is 0 Å². The van der Waals surface area contributed by atoms with Crippen LogP contribution in [0.2, 0.25) is 0 Å². The summed E-state index contributed by atoms with van der Waals surface area (Å²) in [5.41, 5.74) is 0. The number of hydrogen-bond acceptors (Lipinski definition) is 6. The zero-order valence-electron chi connectivity index (χ0n) is 54.9. The Kier molecular flexibility index (Phi) is 67.7. The lowest BCUT2D eigenvalue weighted by Crippen LogP contribution is -2.30. The highest BCUT2D eigenvalue weighted by atomic mass is 16.6. The van der Waals surface area contributed by atoms with Gasteiger partial charge in [-0.3, -0.25) is 14.4 Å². The van der Waals surface area contributed by atoms with E-state index in [9.17, 15) is 14.4 Å². The molecule has 6 heteroatoms. The molecule has 0 aromatic heterocycles. The topological polar surface area (TPSA) is 78.9 Å². The van der Waals surface area contributed by atoms with E-state index < -0.39 is 6.10 Å². The van der Waals surface area contributed by atoms with E-state index in [1.54, 1.807) is 0 Å². The van der Waals surface area contributed by atoms with Crippen LogP contribution < -0.4 is 0 Å².